The van der Waals surface area contributed by atoms with Crippen LogP contribution in [0.4, 0.5) is 8.89 Å². The Morgan fingerprint density at radius 3 is 2.83 bits per heavy atom. The summed E-state index contributed by atoms with van der Waals surface area (Å²) in [7, 11) is -3.34. The average molecular weight is 361 g/mol. The molecule has 1 aliphatic heterocycles. The van der Waals surface area contributed by atoms with E-state index in [0.717, 1.165) is 29.7 Å². The number of methoxy groups -OCH3 is 1. The first-order chi connectivity index (χ1) is 10.8. The number of carbonyl (C=O) groups is 2. The van der Waals surface area contributed by atoms with Gasteiger partial charge < -0.3 is 9.64 Å². The lowest BCUT2D eigenvalue weighted by Gasteiger charge is -2.16. The lowest BCUT2D eigenvalue weighted by molar-refractivity contribution is -0.117. The summed E-state index contributed by atoms with van der Waals surface area (Å²) in [5.74, 6) is -2.05. The lowest BCUT2D eigenvalue weighted by Crippen LogP contribution is -2.26. The normalized spacial score (nSPS) is 20.9. The number of aryl methyl sites for hydroxylation is 1. The number of nitrogens with zero attached hydrogens (tertiary/aromatic N) is 1. The fraction of sp³-hybridized carbons (Fsp3) is 0.571. The highest BCUT2D eigenvalue weighted by atomic mass is 32.3. The summed E-state index contributed by atoms with van der Waals surface area (Å²) in [4.78, 5) is 26.8. The topological polar surface area (TPSA) is 80.8 Å². The summed E-state index contributed by atoms with van der Waals surface area (Å²) in [6, 6.07) is 0. The Balaban J connectivity index is 1.93. The number of carbonyl (C=O) groups excluding carboxylic acids is 2. The Morgan fingerprint density at radius 1 is 1.43 bits per heavy atom. The number of amides is 1. The second-order valence-electron chi connectivity index (χ2n) is 5.81. The smallest absolute Gasteiger partial charge is 0.341 e. The maximum Gasteiger partial charge on any atom is 0.341 e. The molecule has 3 rings (SSSR count). The third-order valence-corrected chi connectivity index (χ3v) is 6.36. The van der Waals surface area contributed by atoms with Gasteiger partial charge >= 0.3 is 16.2 Å². The minimum Gasteiger partial charge on any atom is -0.465 e. The van der Waals surface area contributed by atoms with Crippen LogP contribution >= 0.6 is 11.3 Å². The predicted octanol–water partition coefficient (Wildman–Crippen LogP) is 1.68. The Morgan fingerprint density at radius 2 is 2.17 bits per heavy atom. The van der Waals surface area contributed by atoms with E-state index in [9.17, 15) is 21.9 Å². The van der Waals surface area contributed by atoms with Gasteiger partial charge in [-0.2, -0.15) is 8.42 Å². The fourth-order valence-corrected chi connectivity index (χ4v) is 5.45. The van der Waals surface area contributed by atoms with Crippen LogP contribution in [0.5, 0.6) is 0 Å². The zero-order valence-electron chi connectivity index (χ0n) is 12.5. The molecule has 1 aromatic heterocycles. The molecule has 1 fully saturated rings. The minimum absolute atomic E-state index is 0.0354. The molecule has 1 unspecified atom stereocenters. The van der Waals surface area contributed by atoms with Gasteiger partial charge in [0, 0.05) is 23.8 Å². The van der Waals surface area contributed by atoms with E-state index in [4.69, 9.17) is 4.74 Å². The van der Waals surface area contributed by atoms with Crippen molar-refractivity contribution in [3.05, 3.63) is 16.0 Å². The van der Waals surface area contributed by atoms with Crippen LogP contribution in [0.25, 0.3) is 0 Å². The molecule has 0 radical (unpaired) electrons. The van der Waals surface area contributed by atoms with Gasteiger partial charge in [-0.3, -0.25) is 4.79 Å². The Hall–Kier alpha value is -1.48. The minimum atomic E-state index is -4.63. The highest BCUT2D eigenvalue weighted by molar-refractivity contribution is 7.86. The van der Waals surface area contributed by atoms with Crippen LogP contribution in [0.15, 0.2) is 0 Å². The molecule has 1 saturated heterocycles. The van der Waals surface area contributed by atoms with Crippen molar-refractivity contribution >= 4 is 38.4 Å². The van der Waals surface area contributed by atoms with Crippen LogP contribution < -0.4 is 4.90 Å². The number of rotatable bonds is 4. The van der Waals surface area contributed by atoms with Crippen LogP contribution in [0.2, 0.25) is 0 Å². The number of halogens is 1. The number of ether oxygens (including phenoxy) is 1. The third kappa shape index (κ3) is 3.12. The van der Waals surface area contributed by atoms with Gasteiger partial charge in [0.05, 0.1) is 18.4 Å². The molecule has 1 atom stereocenters. The van der Waals surface area contributed by atoms with Crippen molar-refractivity contribution in [3.63, 3.8) is 0 Å². The monoisotopic (exact) mass is 361 g/mol. The molecule has 9 heteroatoms. The molecule has 0 N–H and O–H groups in total. The van der Waals surface area contributed by atoms with Gasteiger partial charge in [-0.15, -0.1) is 15.2 Å². The predicted molar refractivity (Wildman–Crippen MR) is 83.0 cm³/mol. The van der Waals surface area contributed by atoms with Gasteiger partial charge in [-0.1, -0.05) is 0 Å². The van der Waals surface area contributed by atoms with Crippen molar-refractivity contribution in [2.45, 2.75) is 25.7 Å². The Labute approximate surface area is 137 Å². The maximum absolute atomic E-state index is 12.9. The van der Waals surface area contributed by atoms with Gasteiger partial charge in [0.1, 0.15) is 5.00 Å². The molecule has 6 nitrogen and oxygen atoms in total. The van der Waals surface area contributed by atoms with Crippen LogP contribution in [-0.2, 0) is 32.6 Å². The van der Waals surface area contributed by atoms with Crippen LogP contribution in [0.3, 0.4) is 0 Å². The molecule has 23 heavy (non-hydrogen) atoms. The van der Waals surface area contributed by atoms with E-state index >= 15 is 0 Å². The molecule has 1 amide bonds. The number of hydrogen-bond acceptors (Lipinski definition) is 6. The first-order valence-corrected chi connectivity index (χ1v) is 9.62. The number of anilines is 1. The molecule has 1 aromatic rings. The van der Waals surface area contributed by atoms with Crippen LogP contribution in [0.1, 0.15) is 33.6 Å². The summed E-state index contributed by atoms with van der Waals surface area (Å²) >= 11 is 1.37. The van der Waals surface area contributed by atoms with E-state index in [1.165, 1.54) is 23.3 Å². The molecule has 2 aliphatic rings. The standard InChI is InChI=1S/C14H16FNO5S2/c1-21-14(18)12-9-3-2-4-10(9)22-13(12)16-6-8(5-11(16)17)7-23(15,19)20/h8H,2-7H2,1H3. The largest absolute Gasteiger partial charge is 0.465 e. The van der Waals surface area contributed by atoms with E-state index in [2.05, 4.69) is 0 Å². The second-order valence-corrected chi connectivity index (χ2v) is 8.30. The van der Waals surface area contributed by atoms with E-state index in [1.54, 1.807) is 0 Å². The zero-order valence-corrected chi connectivity index (χ0v) is 14.1. The summed E-state index contributed by atoms with van der Waals surface area (Å²) in [5, 5.41) is 0.505. The molecule has 1 aliphatic carbocycles. The van der Waals surface area contributed by atoms with E-state index in [0.29, 0.717) is 10.6 Å². The van der Waals surface area contributed by atoms with E-state index in [1.807, 2.05) is 0 Å². The van der Waals surface area contributed by atoms with Crippen molar-refractivity contribution in [2.24, 2.45) is 5.92 Å². The Bertz CT molecular complexity index is 770. The fourth-order valence-electron chi connectivity index (χ4n) is 3.26. The molecule has 0 aromatic carbocycles. The second kappa shape index (κ2) is 5.86. The van der Waals surface area contributed by atoms with Crippen molar-refractivity contribution < 1.29 is 26.6 Å². The summed E-state index contributed by atoms with van der Waals surface area (Å²) in [6.45, 7) is 0.103. The van der Waals surface area contributed by atoms with Crippen LogP contribution in [0, 0.1) is 5.92 Å². The summed E-state index contributed by atoms with van der Waals surface area (Å²) in [6.07, 6.45) is 2.54. The summed E-state index contributed by atoms with van der Waals surface area (Å²) in [5.41, 5.74) is 1.33. The number of esters is 1. The van der Waals surface area contributed by atoms with E-state index in [-0.39, 0.29) is 18.9 Å². The zero-order chi connectivity index (χ0) is 16.8. The maximum atomic E-state index is 12.9. The van der Waals surface area contributed by atoms with Crippen molar-refractivity contribution in [3.8, 4) is 0 Å². The quantitative estimate of drug-likeness (QED) is 0.602. The first-order valence-electron chi connectivity index (χ1n) is 7.25. The number of thiophene rings is 1. The van der Waals surface area contributed by atoms with Gasteiger partial charge in [0.2, 0.25) is 5.91 Å². The summed E-state index contributed by atoms with van der Waals surface area (Å²) < 4.78 is 39.3. The molecule has 126 valence electrons. The first kappa shape index (κ1) is 16.4. The molecule has 2 heterocycles. The third-order valence-electron chi connectivity index (χ3n) is 4.18. The van der Waals surface area contributed by atoms with Gasteiger partial charge in [0.15, 0.2) is 0 Å². The SMILES string of the molecule is COC(=O)c1c(N2CC(CS(=O)(=O)F)CC2=O)sc2c1CCC2. The van der Waals surface area contributed by atoms with Gasteiger partial charge in [-0.05, 0) is 24.8 Å². The van der Waals surface area contributed by atoms with E-state index < -0.39 is 27.9 Å². The Kier molecular flexibility index (Phi) is 4.18. The highest BCUT2D eigenvalue weighted by Crippen LogP contribution is 2.43. The molecular weight excluding hydrogens is 345 g/mol. The number of hydrogen-bond donors (Lipinski definition) is 0. The molecule has 0 spiro atoms. The van der Waals surface area contributed by atoms with Crippen molar-refractivity contribution in [2.75, 3.05) is 24.3 Å². The average Bonchev–Trinajstić information content (AvgIpc) is 3.09. The van der Waals surface area contributed by atoms with Gasteiger partial charge in [-0.25, -0.2) is 4.79 Å². The van der Waals surface area contributed by atoms with Crippen LogP contribution in [-0.4, -0.2) is 39.7 Å². The molecule has 0 saturated carbocycles. The lowest BCUT2D eigenvalue weighted by atomic mass is 10.1. The molecule has 0 bridgehead atoms. The highest BCUT2D eigenvalue weighted by Gasteiger charge is 2.38. The van der Waals surface area contributed by atoms with Gasteiger partial charge in [0.25, 0.3) is 0 Å². The van der Waals surface area contributed by atoms with Crippen molar-refractivity contribution in [1.82, 2.24) is 0 Å². The van der Waals surface area contributed by atoms with Crippen molar-refractivity contribution in [1.29, 1.82) is 0 Å². The molecular formula is C14H16FNO5S2. The number of fused-ring (bicyclic) bond motifs is 1.